The lowest BCUT2D eigenvalue weighted by atomic mass is 10.00. The smallest absolute Gasteiger partial charge is 0.0437 e. The summed E-state index contributed by atoms with van der Waals surface area (Å²) >= 11 is 11.6. The van der Waals surface area contributed by atoms with Crippen molar-refractivity contribution in [2.24, 2.45) is 0 Å². The molecule has 17 aromatic carbocycles. The summed E-state index contributed by atoms with van der Waals surface area (Å²) in [5, 5.41) is 7.12. The first-order valence-corrected chi connectivity index (χ1v) is 46.0. The van der Waals surface area contributed by atoms with E-state index in [1.54, 1.807) is 0 Å². The van der Waals surface area contributed by atoms with Crippen LogP contribution < -0.4 is 0 Å². The highest BCUT2D eigenvalue weighted by atomic mass is 35.5. The highest BCUT2D eigenvalue weighted by Gasteiger charge is 2.04. The first-order valence-electron chi connectivity index (χ1n) is 45.2. The van der Waals surface area contributed by atoms with Crippen molar-refractivity contribution >= 4 is 44.7 Å². The Hall–Kier alpha value is -12.2. The molecule has 0 fully saturated rings. The van der Waals surface area contributed by atoms with Gasteiger partial charge in [-0.3, -0.25) is 0 Å². The van der Waals surface area contributed by atoms with Gasteiger partial charge in [-0.1, -0.05) is 441 Å². The minimum atomic E-state index is 0.848. The van der Waals surface area contributed by atoms with E-state index in [1.165, 1.54) is 200 Å². The molecule has 2 heteroatoms. The van der Waals surface area contributed by atoms with Crippen LogP contribution in [0.4, 0.5) is 0 Å². The van der Waals surface area contributed by atoms with Gasteiger partial charge >= 0.3 is 0 Å². The summed E-state index contributed by atoms with van der Waals surface area (Å²) in [7, 11) is 0. The van der Waals surface area contributed by atoms with Crippen LogP contribution in [0.1, 0.15) is 167 Å². The van der Waals surface area contributed by atoms with Gasteiger partial charge in [-0.15, -0.1) is 0 Å². The molecular weight excluding hydrogens is 1600 g/mol. The Morgan fingerprint density at radius 1 is 0.147 bits per heavy atom. The SMILES string of the molecule is Cc1ccc(-c2ccc(C)c(C)c2)cc1.Cc1ccc(-c2ccc(C)cc2)cc1.Cc1ccc(C)c(C)c1.Cc1ccc(C)c(C)c1.Cc1ccc(C)c(Cl)c1.Cc1ccc(C)c2ccccc12.Cc1ccc(C)cc1.Cc1ccc(Cc2ccc(C)cc2)cc1.Cc1ccc(Cl)c(C)c1.Cc1ccc2cc(C)ccc2c1.Cc1cccc(C)c1.Cc1cccc(C)c1C. The average molecular weight is 1740 g/mol. The highest BCUT2D eigenvalue weighted by molar-refractivity contribution is 6.31. The molecule has 0 N–H and O–H groups in total. The summed E-state index contributed by atoms with van der Waals surface area (Å²) in [6.07, 6.45) is 1.03. The molecule has 0 saturated carbocycles. The van der Waals surface area contributed by atoms with E-state index in [1.807, 2.05) is 45.0 Å². The Morgan fingerprint density at radius 3 is 0.705 bits per heavy atom. The molecule has 0 atom stereocenters. The molecule has 0 aliphatic heterocycles. The minimum absolute atomic E-state index is 0.848. The van der Waals surface area contributed by atoms with Gasteiger partial charge < -0.3 is 0 Å². The third-order valence-corrected chi connectivity index (χ3v) is 23.6. The normalized spacial score (nSPS) is 9.97. The number of rotatable bonds is 4. The summed E-state index contributed by atoms with van der Waals surface area (Å²) < 4.78 is 0. The Bertz CT molecular complexity index is 5810. The van der Waals surface area contributed by atoms with Crippen molar-refractivity contribution in [2.75, 3.05) is 0 Å². The number of hydrogen-bond donors (Lipinski definition) is 0. The molecule has 129 heavy (non-hydrogen) atoms. The summed E-state index contributed by atoms with van der Waals surface area (Å²) in [6.45, 7) is 59.2. The van der Waals surface area contributed by atoms with E-state index >= 15 is 0 Å². The first kappa shape index (κ1) is 106. The van der Waals surface area contributed by atoms with Crippen molar-refractivity contribution in [2.45, 2.75) is 200 Å². The fourth-order valence-electron chi connectivity index (χ4n) is 13.5. The largest absolute Gasteiger partial charge is 0.0841 e. The van der Waals surface area contributed by atoms with E-state index in [9.17, 15) is 0 Å². The number of fused-ring (bicyclic) bond motifs is 2. The van der Waals surface area contributed by atoms with E-state index in [2.05, 4.69) is 501 Å². The maximum Gasteiger partial charge on any atom is 0.0437 e. The lowest BCUT2D eigenvalue weighted by Crippen LogP contribution is -1.88. The van der Waals surface area contributed by atoms with Crippen LogP contribution in [0.3, 0.4) is 0 Å². The monoisotopic (exact) mass is 1740 g/mol. The van der Waals surface area contributed by atoms with Crippen LogP contribution in [0.25, 0.3) is 43.8 Å². The van der Waals surface area contributed by atoms with Gasteiger partial charge in [0.05, 0.1) is 0 Å². The van der Waals surface area contributed by atoms with E-state index in [-0.39, 0.29) is 0 Å². The van der Waals surface area contributed by atoms with Gasteiger partial charge in [0.2, 0.25) is 0 Å². The Balaban J connectivity index is 0.000000218. The van der Waals surface area contributed by atoms with E-state index < -0.39 is 0 Å². The van der Waals surface area contributed by atoms with E-state index in [0.29, 0.717) is 0 Å². The van der Waals surface area contributed by atoms with Crippen molar-refractivity contribution in [3.8, 4) is 22.3 Å². The summed E-state index contributed by atoms with van der Waals surface area (Å²) in [5.74, 6) is 0. The molecule has 0 heterocycles. The second kappa shape index (κ2) is 54.9. The maximum absolute atomic E-state index is 5.81. The fraction of sp³-hybridized carbons (Fsp3) is 0.228. The maximum atomic E-state index is 5.81. The molecule has 0 radical (unpaired) electrons. The number of aryl methyl sites for hydroxylation is 27. The minimum Gasteiger partial charge on any atom is -0.0841 e. The van der Waals surface area contributed by atoms with Crippen LogP contribution in [-0.2, 0) is 6.42 Å². The third-order valence-electron chi connectivity index (χ3n) is 22.7. The van der Waals surface area contributed by atoms with E-state index in [0.717, 1.165) is 27.6 Å². The molecule has 0 nitrogen and oxygen atoms in total. The molecule has 0 spiro atoms. The van der Waals surface area contributed by atoms with Crippen LogP contribution in [0.15, 0.2) is 352 Å². The van der Waals surface area contributed by atoms with Crippen LogP contribution >= 0.6 is 23.2 Å². The molecule has 0 aliphatic carbocycles. The van der Waals surface area contributed by atoms with Gasteiger partial charge in [-0.25, -0.2) is 0 Å². The second-order valence-corrected chi connectivity index (χ2v) is 36.0. The number of benzene rings is 17. The van der Waals surface area contributed by atoms with Gasteiger partial charge in [0.1, 0.15) is 0 Å². The average Bonchev–Trinajstić information content (AvgIpc) is 0.815. The molecule has 0 aliphatic rings. The van der Waals surface area contributed by atoms with Gasteiger partial charge in [-0.2, -0.15) is 0 Å². The molecule has 0 unspecified atom stereocenters. The summed E-state index contributed by atoms with van der Waals surface area (Å²) in [5.41, 5.74) is 45.1. The molecule has 0 saturated heterocycles. The zero-order valence-corrected chi connectivity index (χ0v) is 84.5. The molecule has 0 aromatic heterocycles. The van der Waals surface area contributed by atoms with Crippen molar-refractivity contribution in [3.63, 3.8) is 0 Å². The zero-order chi connectivity index (χ0) is 94.8. The van der Waals surface area contributed by atoms with Crippen LogP contribution in [0.2, 0.25) is 10.0 Å². The number of halogens is 2. The van der Waals surface area contributed by atoms with Gasteiger partial charge in [0.15, 0.2) is 0 Å². The lowest BCUT2D eigenvalue weighted by molar-refractivity contribution is 1.18. The summed E-state index contributed by atoms with van der Waals surface area (Å²) in [6, 6.07) is 124. The second-order valence-electron chi connectivity index (χ2n) is 35.2. The Labute approximate surface area is 790 Å². The van der Waals surface area contributed by atoms with Crippen LogP contribution in [0.5, 0.6) is 0 Å². The fourth-order valence-corrected chi connectivity index (χ4v) is 13.9. The molecular formula is C127H144Cl2. The molecule has 0 amide bonds. The number of hydrogen-bond acceptors (Lipinski definition) is 0. The van der Waals surface area contributed by atoms with Crippen LogP contribution in [-0.4, -0.2) is 0 Å². The molecule has 17 rings (SSSR count). The van der Waals surface area contributed by atoms with E-state index in [4.69, 9.17) is 23.2 Å². The predicted octanol–water partition coefficient (Wildman–Crippen LogP) is 37.4. The standard InChI is InChI=1S/2C15H16.C14H14.2C12H12.3C9H12.2C8H9Cl.2C8H10/c1-11-4-7-14(8-5-11)15-9-6-12(2)13(3)10-15;1-12-3-7-14(8-4-12)11-15-9-5-13(2)6-10-15;1-11-3-7-13(8-4-11)14-9-5-12(2)6-10-14;1-9-3-5-12-8-10(2)4-6-11(12)7-9;1-9-7-8-10(2)12-6-4-3-5-11(9)12;2*1-7-4-5-8(2)9(3)6-7;1-7-5-4-6-8(2)9(7)3;1-6-3-4-8(9)7(2)5-6;1-6-3-4-7(2)8(9)5-6;1-7-3-5-8(2)6-4-7;1-7-4-3-5-8(2)6-7/h4-10H,1-3H3;3-10H,11H2,1-2H3;3-10H,1-2H3;2*3-8H,1-2H3;3*4-6H,1-3H3;2*3-5H,1-2H3;2*3-6H,1-2H3. The first-order chi connectivity index (χ1) is 61.3. The van der Waals surface area contributed by atoms with Crippen molar-refractivity contribution in [1.29, 1.82) is 0 Å². The summed E-state index contributed by atoms with van der Waals surface area (Å²) in [4.78, 5) is 0. The lowest BCUT2D eigenvalue weighted by Gasteiger charge is -2.05. The Kier molecular flexibility index (Phi) is 44.9. The molecule has 17 aromatic rings. The third kappa shape index (κ3) is 39.5. The Morgan fingerprint density at radius 2 is 0.403 bits per heavy atom. The predicted molar refractivity (Wildman–Crippen MR) is 575 cm³/mol. The van der Waals surface area contributed by atoms with Crippen LogP contribution in [0, 0.1) is 194 Å². The van der Waals surface area contributed by atoms with Crippen molar-refractivity contribution in [1.82, 2.24) is 0 Å². The van der Waals surface area contributed by atoms with Crippen molar-refractivity contribution in [3.05, 3.63) is 529 Å². The zero-order valence-electron chi connectivity index (χ0n) is 82.9. The quantitative estimate of drug-likeness (QED) is 0.165. The van der Waals surface area contributed by atoms with Crippen molar-refractivity contribution < 1.29 is 0 Å². The highest BCUT2D eigenvalue weighted by Crippen LogP contribution is 2.26. The van der Waals surface area contributed by atoms with Gasteiger partial charge in [0, 0.05) is 10.0 Å². The van der Waals surface area contributed by atoms with Gasteiger partial charge in [0.25, 0.3) is 0 Å². The molecule has 666 valence electrons. The molecule has 0 bridgehead atoms. The van der Waals surface area contributed by atoms with Gasteiger partial charge in [-0.05, 0) is 345 Å². The topological polar surface area (TPSA) is 0 Å².